The number of rotatable bonds is 4. The van der Waals surface area contributed by atoms with Crippen molar-refractivity contribution in [2.45, 2.75) is 27.3 Å². The Kier molecular flexibility index (Phi) is 4.65. The molecule has 5 heteroatoms. The van der Waals surface area contributed by atoms with Crippen molar-refractivity contribution in [3.8, 4) is 0 Å². The maximum absolute atomic E-state index is 13.3. The lowest BCUT2D eigenvalue weighted by atomic mass is 10.1. The van der Waals surface area contributed by atoms with Crippen molar-refractivity contribution in [3.05, 3.63) is 82.4 Å². The predicted octanol–water partition coefficient (Wildman–Crippen LogP) is 4.25. The van der Waals surface area contributed by atoms with Gasteiger partial charge in [-0.1, -0.05) is 35.9 Å². The van der Waals surface area contributed by atoms with Gasteiger partial charge in [-0.3, -0.25) is 9.48 Å². The van der Waals surface area contributed by atoms with Gasteiger partial charge in [-0.15, -0.1) is 0 Å². The molecule has 0 aliphatic heterocycles. The Morgan fingerprint density at radius 1 is 1.12 bits per heavy atom. The Labute approximate surface area is 146 Å². The zero-order chi connectivity index (χ0) is 18.0. The second kappa shape index (κ2) is 6.89. The summed E-state index contributed by atoms with van der Waals surface area (Å²) in [6, 6.07) is 13.9. The molecule has 0 atom stereocenters. The summed E-state index contributed by atoms with van der Waals surface area (Å²) in [6.07, 6.45) is 0. The second-order valence-corrected chi connectivity index (χ2v) is 6.16. The van der Waals surface area contributed by atoms with Gasteiger partial charge in [0.2, 0.25) is 0 Å². The van der Waals surface area contributed by atoms with Gasteiger partial charge in [0.1, 0.15) is 5.82 Å². The molecule has 25 heavy (non-hydrogen) atoms. The lowest BCUT2D eigenvalue weighted by molar-refractivity contribution is 0.102. The number of carbonyl (C=O) groups is 1. The van der Waals surface area contributed by atoms with Crippen molar-refractivity contribution in [2.75, 3.05) is 5.32 Å². The zero-order valence-electron chi connectivity index (χ0n) is 14.5. The lowest BCUT2D eigenvalue weighted by Gasteiger charge is -2.08. The summed E-state index contributed by atoms with van der Waals surface area (Å²) >= 11 is 0. The maximum atomic E-state index is 13.3. The highest BCUT2D eigenvalue weighted by Gasteiger charge is 2.15. The van der Waals surface area contributed by atoms with E-state index in [4.69, 9.17) is 0 Å². The molecule has 1 amide bonds. The average molecular weight is 337 g/mol. The Morgan fingerprint density at radius 3 is 2.60 bits per heavy atom. The molecule has 0 aliphatic rings. The number of carbonyl (C=O) groups excluding carboxylic acids is 1. The van der Waals surface area contributed by atoms with Crippen LogP contribution in [0.3, 0.4) is 0 Å². The van der Waals surface area contributed by atoms with Crippen LogP contribution in [0, 0.1) is 26.6 Å². The van der Waals surface area contributed by atoms with Gasteiger partial charge < -0.3 is 5.32 Å². The largest absolute Gasteiger partial charge is 0.319 e. The van der Waals surface area contributed by atoms with E-state index in [9.17, 15) is 9.18 Å². The van der Waals surface area contributed by atoms with Crippen LogP contribution in [-0.2, 0) is 6.54 Å². The quantitative estimate of drug-likeness (QED) is 0.774. The van der Waals surface area contributed by atoms with E-state index < -0.39 is 5.82 Å². The number of hydrogen-bond acceptors (Lipinski definition) is 2. The Balaban J connectivity index is 1.83. The number of benzene rings is 2. The number of aromatic nitrogens is 2. The molecule has 0 aliphatic carbocycles. The van der Waals surface area contributed by atoms with E-state index in [1.165, 1.54) is 23.8 Å². The summed E-state index contributed by atoms with van der Waals surface area (Å²) in [7, 11) is 0. The van der Waals surface area contributed by atoms with Crippen molar-refractivity contribution in [2.24, 2.45) is 0 Å². The van der Waals surface area contributed by atoms with Crippen LogP contribution in [0.4, 0.5) is 10.1 Å². The summed E-state index contributed by atoms with van der Waals surface area (Å²) in [5.74, 6) is -0.781. The normalized spacial score (nSPS) is 10.7. The van der Waals surface area contributed by atoms with Crippen molar-refractivity contribution >= 4 is 11.6 Å². The van der Waals surface area contributed by atoms with Gasteiger partial charge in [-0.25, -0.2) is 4.39 Å². The Hall–Kier alpha value is -2.95. The molecule has 0 radical (unpaired) electrons. The molecule has 4 nitrogen and oxygen atoms in total. The second-order valence-electron chi connectivity index (χ2n) is 6.16. The fraction of sp³-hybridized carbons (Fsp3) is 0.200. The summed E-state index contributed by atoms with van der Waals surface area (Å²) in [6.45, 7) is 6.44. The first kappa shape index (κ1) is 16.9. The molecular formula is C20H20FN3O. The van der Waals surface area contributed by atoms with E-state index in [1.807, 2.05) is 24.6 Å². The smallest absolute Gasteiger partial charge is 0.255 e. The minimum Gasteiger partial charge on any atom is -0.319 e. The first-order valence-corrected chi connectivity index (χ1v) is 8.10. The third kappa shape index (κ3) is 3.76. The van der Waals surface area contributed by atoms with Crippen LogP contribution in [0.15, 0.2) is 48.5 Å². The third-order valence-corrected chi connectivity index (χ3v) is 4.12. The fourth-order valence-electron chi connectivity index (χ4n) is 2.83. The molecule has 3 aromatic rings. The van der Waals surface area contributed by atoms with Gasteiger partial charge in [0.25, 0.3) is 5.91 Å². The van der Waals surface area contributed by atoms with E-state index >= 15 is 0 Å². The lowest BCUT2D eigenvalue weighted by Crippen LogP contribution is -2.13. The molecule has 1 heterocycles. The van der Waals surface area contributed by atoms with Crippen molar-refractivity contribution in [1.82, 2.24) is 9.78 Å². The molecule has 0 bridgehead atoms. The first-order chi connectivity index (χ1) is 11.9. The molecule has 128 valence electrons. The van der Waals surface area contributed by atoms with Gasteiger partial charge in [-0.2, -0.15) is 5.10 Å². The maximum Gasteiger partial charge on any atom is 0.255 e. The van der Waals surface area contributed by atoms with Crippen LogP contribution in [0.2, 0.25) is 0 Å². The molecule has 0 unspecified atom stereocenters. The van der Waals surface area contributed by atoms with Crippen LogP contribution >= 0.6 is 0 Å². The summed E-state index contributed by atoms with van der Waals surface area (Å²) in [5, 5.41) is 7.38. The van der Waals surface area contributed by atoms with Gasteiger partial charge in [0.05, 0.1) is 23.6 Å². The van der Waals surface area contributed by atoms with Gasteiger partial charge >= 0.3 is 0 Å². The van der Waals surface area contributed by atoms with E-state index in [0.29, 0.717) is 12.2 Å². The molecule has 1 N–H and O–H groups in total. The van der Waals surface area contributed by atoms with Crippen LogP contribution in [0.25, 0.3) is 0 Å². The summed E-state index contributed by atoms with van der Waals surface area (Å²) in [5.41, 5.74) is 4.89. The highest BCUT2D eigenvalue weighted by Crippen LogP contribution is 2.21. The number of nitrogens with zero attached hydrogens (tertiary/aromatic N) is 2. The first-order valence-electron chi connectivity index (χ1n) is 8.10. The average Bonchev–Trinajstić information content (AvgIpc) is 2.82. The van der Waals surface area contributed by atoms with Crippen molar-refractivity contribution < 1.29 is 9.18 Å². The zero-order valence-corrected chi connectivity index (χ0v) is 14.5. The van der Waals surface area contributed by atoms with Gasteiger partial charge in [0, 0.05) is 5.56 Å². The van der Waals surface area contributed by atoms with E-state index in [-0.39, 0.29) is 11.5 Å². The van der Waals surface area contributed by atoms with Gasteiger partial charge in [-0.05, 0) is 44.5 Å². The number of nitrogens with one attached hydrogen (secondary N) is 1. The van der Waals surface area contributed by atoms with Crippen LogP contribution in [0.1, 0.15) is 32.9 Å². The topological polar surface area (TPSA) is 46.9 Å². The van der Waals surface area contributed by atoms with E-state index in [1.54, 1.807) is 6.07 Å². The molecule has 0 spiro atoms. The van der Waals surface area contributed by atoms with Gasteiger partial charge in [0.15, 0.2) is 0 Å². The predicted molar refractivity (Wildman–Crippen MR) is 96.3 cm³/mol. The van der Waals surface area contributed by atoms with Crippen LogP contribution in [-0.4, -0.2) is 15.7 Å². The Morgan fingerprint density at radius 2 is 1.88 bits per heavy atom. The molecule has 3 rings (SSSR count). The standard InChI is InChI=1S/C20H20FN3O/c1-13-6-4-7-16(10-13)12-24-15(3)19(14(2)23-24)22-20(25)17-8-5-9-18(21)11-17/h4-11H,12H2,1-3H3,(H,22,25). The van der Waals surface area contributed by atoms with Crippen molar-refractivity contribution in [1.29, 1.82) is 0 Å². The van der Waals surface area contributed by atoms with Crippen LogP contribution < -0.4 is 5.32 Å². The summed E-state index contributed by atoms with van der Waals surface area (Å²) in [4.78, 5) is 12.4. The van der Waals surface area contributed by atoms with Crippen molar-refractivity contribution in [3.63, 3.8) is 0 Å². The molecule has 0 saturated carbocycles. The molecule has 2 aromatic carbocycles. The Bertz CT molecular complexity index is 930. The molecular weight excluding hydrogens is 317 g/mol. The number of hydrogen-bond donors (Lipinski definition) is 1. The highest BCUT2D eigenvalue weighted by atomic mass is 19.1. The molecule has 0 saturated heterocycles. The SMILES string of the molecule is Cc1cccc(Cn2nc(C)c(NC(=O)c3cccc(F)c3)c2C)c1. The highest BCUT2D eigenvalue weighted by molar-refractivity contribution is 6.04. The third-order valence-electron chi connectivity index (χ3n) is 4.12. The van der Waals surface area contributed by atoms with E-state index in [2.05, 4.69) is 35.5 Å². The van der Waals surface area contributed by atoms with E-state index in [0.717, 1.165) is 17.0 Å². The molecule has 0 fully saturated rings. The van der Waals surface area contributed by atoms with Crippen LogP contribution in [0.5, 0.6) is 0 Å². The number of halogens is 1. The number of aryl methyl sites for hydroxylation is 2. The number of anilines is 1. The minimum atomic E-state index is -0.434. The minimum absolute atomic E-state index is 0.283. The monoisotopic (exact) mass is 337 g/mol. The number of amides is 1. The molecule has 1 aromatic heterocycles. The summed E-state index contributed by atoms with van der Waals surface area (Å²) < 4.78 is 15.2. The fourth-order valence-corrected chi connectivity index (χ4v) is 2.83.